The van der Waals surface area contributed by atoms with Gasteiger partial charge in [0, 0.05) is 12.2 Å². The van der Waals surface area contributed by atoms with E-state index in [0.717, 1.165) is 12.2 Å². The van der Waals surface area contributed by atoms with Crippen molar-refractivity contribution in [3.8, 4) is 0 Å². The zero-order valence-corrected chi connectivity index (χ0v) is 12.3. The van der Waals surface area contributed by atoms with E-state index in [1.54, 1.807) is 0 Å². The van der Waals surface area contributed by atoms with Crippen LogP contribution in [0.15, 0.2) is 59.6 Å². The molecule has 2 aromatic rings. The van der Waals surface area contributed by atoms with Crippen LogP contribution in [0.1, 0.15) is 23.5 Å². The fourth-order valence-corrected chi connectivity index (χ4v) is 2.60. The van der Waals surface area contributed by atoms with Crippen LogP contribution in [0.25, 0.3) is 0 Å². The third kappa shape index (κ3) is 3.63. The minimum atomic E-state index is 0.498. The SMILES string of the molecule is Cc1ccc(NC(N)=NCC2CC2c2ccccc2)cc1. The predicted octanol–water partition coefficient (Wildman–Crippen LogP) is 3.53. The second-order valence-electron chi connectivity index (χ2n) is 5.73. The number of rotatable bonds is 4. The molecule has 21 heavy (non-hydrogen) atoms. The van der Waals surface area contributed by atoms with Gasteiger partial charge in [0.2, 0.25) is 0 Å². The van der Waals surface area contributed by atoms with Crippen molar-refractivity contribution in [1.29, 1.82) is 0 Å². The number of nitrogens with zero attached hydrogens (tertiary/aromatic N) is 1. The number of aliphatic imine (C=N–C) groups is 1. The van der Waals surface area contributed by atoms with Gasteiger partial charge in [-0.05, 0) is 42.9 Å². The van der Waals surface area contributed by atoms with E-state index >= 15 is 0 Å². The highest BCUT2D eigenvalue weighted by Gasteiger charge is 2.37. The van der Waals surface area contributed by atoms with Crippen LogP contribution < -0.4 is 11.1 Å². The smallest absolute Gasteiger partial charge is 0.193 e. The Labute approximate surface area is 125 Å². The maximum Gasteiger partial charge on any atom is 0.193 e. The van der Waals surface area contributed by atoms with Crippen molar-refractivity contribution in [2.24, 2.45) is 16.6 Å². The second-order valence-corrected chi connectivity index (χ2v) is 5.73. The van der Waals surface area contributed by atoms with Gasteiger partial charge in [0.15, 0.2) is 5.96 Å². The Bertz CT molecular complexity index is 617. The Kier molecular flexibility index (Phi) is 3.91. The van der Waals surface area contributed by atoms with Gasteiger partial charge < -0.3 is 11.1 Å². The summed E-state index contributed by atoms with van der Waals surface area (Å²) >= 11 is 0. The lowest BCUT2D eigenvalue weighted by atomic mass is 10.1. The van der Waals surface area contributed by atoms with Gasteiger partial charge in [-0.25, -0.2) is 0 Å². The normalized spacial score (nSPS) is 21.1. The maximum absolute atomic E-state index is 5.94. The number of aryl methyl sites for hydroxylation is 1. The summed E-state index contributed by atoms with van der Waals surface area (Å²) in [6.07, 6.45) is 1.21. The number of nitrogens with two attached hydrogens (primary N) is 1. The van der Waals surface area contributed by atoms with E-state index in [4.69, 9.17) is 5.73 Å². The highest BCUT2D eigenvalue weighted by Crippen LogP contribution is 2.47. The van der Waals surface area contributed by atoms with Crippen LogP contribution in [-0.2, 0) is 0 Å². The van der Waals surface area contributed by atoms with E-state index < -0.39 is 0 Å². The standard InChI is InChI=1S/C18H21N3/c1-13-7-9-16(10-8-13)21-18(19)20-12-15-11-17(15)14-5-3-2-4-6-14/h2-10,15,17H,11-12H2,1H3,(H3,19,20,21). The van der Waals surface area contributed by atoms with Gasteiger partial charge in [-0.2, -0.15) is 0 Å². The Morgan fingerprint density at radius 3 is 2.57 bits per heavy atom. The van der Waals surface area contributed by atoms with Crippen LogP contribution in [0.5, 0.6) is 0 Å². The molecule has 0 spiro atoms. The van der Waals surface area contributed by atoms with Crippen molar-refractivity contribution in [3.63, 3.8) is 0 Å². The summed E-state index contributed by atoms with van der Waals surface area (Å²) in [6, 6.07) is 18.8. The molecule has 1 aliphatic carbocycles. The zero-order chi connectivity index (χ0) is 14.7. The lowest BCUT2D eigenvalue weighted by Crippen LogP contribution is -2.23. The van der Waals surface area contributed by atoms with E-state index in [2.05, 4.69) is 59.7 Å². The van der Waals surface area contributed by atoms with Gasteiger partial charge in [0.05, 0.1) is 0 Å². The molecule has 0 radical (unpaired) electrons. The second kappa shape index (κ2) is 6.00. The van der Waals surface area contributed by atoms with Crippen LogP contribution in [0.3, 0.4) is 0 Å². The molecule has 0 amide bonds. The van der Waals surface area contributed by atoms with Crippen LogP contribution in [0.2, 0.25) is 0 Å². The molecule has 0 saturated heterocycles. The van der Waals surface area contributed by atoms with Gasteiger partial charge >= 0.3 is 0 Å². The largest absolute Gasteiger partial charge is 0.370 e. The fourth-order valence-electron chi connectivity index (χ4n) is 2.60. The predicted molar refractivity (Wildman–Crippen MR) is 88.6 cm³/mol. The van der Waals surface area contributed by atoms with Crippen molar-refractivity contribution in [2.75, 3.05) is 11.9 Å². The molecule has 2 unspecified atom stereocenters. The van der Waals surface area contributed by atoms with Crippen molar-refractivity contribution >= 4 is 11.6 Å². The third-order valence-electron chi connectivity index (χ3n) is 3.97. The summed E-state index contributed by atoms with van der Waals surface area (Å²) in [4.78, 5) is 4.46. The van der Waals surface area contributed by atoms with Crippen LogP contribution in [0, 0.1) is 12.8 Å². The van der Waals surface area contributed by atoms with Crippen LogP contribution >= 0.6 is 0 Å². The molecule has 1 aliphatic rings. The minimum absolute atomic E-state index is 0.498. The first-order chi connectivity index (χ1) is 10.2. The summed E-state index contributed by atoms with van der Waals surface area (Å²) < 4.78 is 0. The molecule has 0 aromatic heterocycles. The molecule has 2 atom stereocenters. The average Bonchev–Trinajstić information content (AvgIpc) is 3.28. The average molecular weight is 279 g/mol. The summed E-state index contributed by atoms with van der Waals surface area (Å²) in [7, 11) is 0. The minimum Gasteiger partial charge on any atom is -0.370 e. The Morgan fingerprint density at radius 1 is 1.14 bits per heavy atom. The molecule has 0 heterocycles. The molecular formula is C18H21N3. The van der Waals surface area contributed by atoms with Crippen LogP contribution in [-0.4, -0.2) is 12.5 Å². The molecule has 3 heteroatoms. The molecular weight excluding hydrogens is 258 g/mol. The van der Waals surface area contributed by atoms with Gasteiger partial charge in [-0.15, -0.1) is 0 Å². The lowest BCUT2D eigenvalue weighted by molar-refractivity contribution is 0.809. The number of hydrogen-bond donors (Lipinski definition) is 2. The Morgan fingerprint density at radius 2 is 1.86 bits per heavy atom. The highest BCUT2D eigenvalue weighted by atomic mass is 15.1. The maximum atomic E-state index is 5.94. The van der Waals surface area contributed by atoms with E-state index in [1.165, 1.54) is 17.5 Å². The Balaban J connectivity index is 1.52. The Hall–Kier alpha value is -2.29. The van der Waals surface area contributed by atoms with Crippen molar-refractivity contribution < 1.29 is 0 Å². The first kappa shape index (κ1) is 13.7. The topological polar surface area (TPSA) is 50.4 Å². The summed E-state index contributed by atoms with van der Waals surface area (Å²) in [5, 5.41) is 3.13. The van der Waals surface area contributed by atoms with Gasteiger partial charge in [0.25, 0.3) is 0 Å². The summed E-state index contributed by atoms with van der Waals surface area (Å²) in [5.74, 6) is 1.78. The van der Waals surface area contributed by atoms with E-state index in [9.17, 15) is 0 Å². The molecule has 0 aliphatic heterocycles. The molecule has 1 saturated carbocycles. The van der Waals surface area contributed by atoms with Gasteiger partial charge in [0.1, 0.15) is 0 Å². The molecule has 3 N–H and O–H groups in total. The first-order valence-electron chi connectivity index (χ1n) is 7.41. The number of benzene rings is 2. The molecule has 1 fully saturated rings. The first-order valence-corrected chi connectivity index (χ1v) is 7.41. The van der Waals surface area contributed by atoms with Crippen molar-refractivity contribution in [1.82, 2.24) is 0 Å². The van der Waals surface area contributed by atoms with E-state index in [-0.39, 0.29) is 0 Å². The zero-order valence-electron chi connectivity index (χ0n) is 12.3. The summed E-state index contributed by atoms with van der Waals surface area (Å²) in [6.45, 7) is 2.86. The lowest BCUT2D eigenvalue weighted by Gasteiger charge is -2.06. The van der Waals surface area contributed by atoms with E-state index in [0.29, 0.717) is 17.8 Å². The number of nitrogens with one attached hydrogen (secondary N) is 1. The molecule has 2 aromatic carbocycles. The third-order valence-corrected chi connectivity index (χ3v) is 3.97. The summed E-state index contributed by atoms with van der Waals surface area (Å²) in [5.41, 5.74) is 9.58. The molecule has 3 rings (SSSR count). The number of hydrogen-bond acceptors (Lipinski definition) is 1. The molecule has 0 bridgehead atoms. The highest BCUT2D eigenvalue weighted by molar-refractivity contribution is 5.92. The number of guanidine groups is 1. The number of anilines is 1. The van der Waals surface area contributed by atoms with Crippen LogP contribution in [0.4, 0.5) is 5.69 Å². The monoisotopic (exact) mass is 279 g/mol. The van der Waals surface area contributed by atoms with Crippen molar-refractivity contribution in [2.45, 2.75) is 19.3 Å². The quantitative estimate of drug-likeness (QED) is 0.664. The van der Waals surface area contributed by atoms with Gasteiger partial charge in [-0.3, -0.25) is 4.99 Å². The van der Waals surface area contributed by atoms with E-state index in [1.807, 2.05) is 12.1 Å². The van der Waals surface area contributed by atoms with Crippen molar-refractivity contribution in [3.05, 3.63) is 65.7 Å². The fraction of sp³-hybridized carbons (Fsp3) is 0.278. The van der Waals surface area contributed by atoms with Gasteiger partial charge in [-0.1, -0.05) is 48.0 Å². The molecule has 3 nitrogen and oxygen atoms in total. The molecule has 108 valence electrons.